The molecule has 2 N–H and O–H groups in total. The number of para-hydroxylation sites is 1. The fourth-order valence-electron chi connectivity index (χ4n) is 2.04. The van der Waals surface area contributed by atoms with Gasteiger partial charge in [0.15, 0.2) is 0 Å². The highest BCUT2D eigenvalue weighted by Crippen LogP contribution is 2.15. The van der Waals surface area contributed by atoms with Crippen molar-refractivity contribution in [2.45, 2.75) is 6.54 Å². The molecule has 0 atom stereocenters. The van der Waals surface area contributed by atoms with Gasteiger partial charge in [0, 0.05) is 18.6 Å². The van der Waals surface area contributed by atoms with E-state index in [2.05, 4.69) is 20.3 Å². The van der Waals surface area contributed by atoms with E-state index in [1.165, 1.54) is 0 Å². The molecule has 22 heavy (non-hydrogen) atoms. The molecule has 7 nitrogen and oxygen atoms in total. The number of carboxylic acids is 1. The van der Waals surface area contributed by atoms with E-state index in [4.69, 9.17) is 0 Å². The molecular weight excluding hydrogens is 282 g/mol. The summed E-state index contributed by atoms with van der Waals surface area (Å²) < 4.78 is 1.69. The van der Waals surface area contributed by atoms with Crippen molar-refractivity contribution >= 4 is 11.8 Å². The lowest BCUT2D eigenvalue weighted by atomic mass is 10.2. The van der Waals surface area contributed by atoms with Crippen LogP contribution in [0.3, 0.4) is 0 Å². The number of aromatic carboxylic acids is 1. The first-order chi connectivity index (χ1) is 10.7. The zero-order chi connectivity index (χ0) is 15.4. The van der Waals surface area contributed by atoms with Crippen molar-refractivity contribution in [2.24, 2.45) is 0 Å². The quantitative estimate of drug-likeness (QED) is 0.747. The molecule has 0 aliphatic heterocycles. The number of carbonyl (C=O) groups is 1. The van der Waals surface area contributed by atoms with Crippen LogP contribution in [-0.2, 0) is 6.54 Å². The molecule has 0 spiro atoms. The lowest BCUT2D eigenvalue weighted by molar-refractivity contribution is 0.0697. The van der Waals surface area contributed by atoms with Gasteiger partial charge in [0.1, 0.15) is 5.82 Å². The fourth-order valence-corrected chi connectivity index (χ4v) is 2.04. The van der Waals surface area contributed by atoms with E-state index < -0.39 is 5.97 Å². The van der Waals surface area contributed by atoms with E-state index >= 15 is 0 Å². The maximum atomic E-state index is 11.3. The normalized spacial score (nSPS) is 10.4. The predicted molar refractivity (Wildman–Crippen MR) is 79.9 cm³/mol. The van der Waals surface area contributed by atoms with Crippen LogP contribution in [0.2, 0.25) is 0 Å². The van der Waals surface area contributed by atoms with Crippen LogP contribution in [-0.4, -0.2) is 30.6 Å². The number of imidazole rings is 1. The van der Waals surface area contributed by atoms with Crippen LogP contribution in [0.4, 0.5) is 5.82 Å². The Morgan fingerprint density at radius 3 is 2.86 bits per heavy atom. The maximum absolute atomic E-state index is 11.3. The van der Waals surface area contributed by atoms with E-state index in [9.17, 15) is 9.90 Å². The lowest BCUT2D eigenvalue weighted by Gasteiger charge is -2.06. The van der Waals surface area contributed by atoms with E-state index in [0.29, 0.717) is 18.1 Å². The monoisotopic (exact) mass is 295 g/mol. The Morgan fingerprint density at radius 2 is 2.09 bits per heavy atom. The van der Waals surface area contributed by atoms with Crippen LogP contribution in [0.15, 0.2) is 55.4 Å². The Bertz CT molecular complexity index is 785. The molecule has 7 heteroatoms. The molecule has 0 aliphatic carbocycles. The van der Waals surface area contributed by atoms with Crippen molar-refractivity contribution in [1.29, 1.82) is 0 Å². The van der Waals surface area contributed by atoms with E-state index in [0.717, 1.165) is 5.69 Å². The Hall–Kier alpha value is -3.22. The number of carboxylic acid groups (broad SMARTS) is 1. The smallest absolute Gasteiger partial charge is 0.337 e. The molecule has 3 rings (SSSR count). The van der Waals surface area contributed by atoms with Gasteiger partial charge >= 0.3 is 5.97 Å². The van der Waals surface area contributed by atoms with E-state index in [1.54, 1.807) is 59.9 Å². The molecule has 3 aromatic rings. The van der Waals surface area contributed by atoms with Gasteiger partial charge in [0.25, 0.3) is 0 Å². The summed E-state index contributed by atoms with van der Waals surface area (Å²) >= 11 is 0. The second kappa shape index (κ2) is 6.04. The first kappa shape index (κ1) is 13.7. The number of rotatable bonds is 5. The summed E-state index contributed by atoms with van der Waals surface area (Å²) in [4.78, 5) is 23.6. The van der Waals surface area contributed by atoms with Crippen LogP contribution >= 0.6 is 0 Å². The van der Waals surface area contributed by atoms with Gasteiger partial charge in [-0.15, -0.1) is 0 Å². The average Bonchev–Trinajstić information content (AvgIpc) is 3.03. The van der Waals surface area contributed by atoms with Gasteiger partial charge < -0.3 is 15.0 Å². The second-order valence-corrected chi connectivity index (χ2v) is 4.54. The summed E-state index contributed by atoms with van der Waals surface area (Å²) in [6.45, 7) is 0.473. The van der Waals surface area contributed by atoms with Crippen molar-refractivity contribution in [3.63, 3.8) is 0 Å². The Labute approximate surface area is 126 Å². The SMILES string of the molecule is O=C(O)c1ccccc1-n1cnc(CNc2cnccn2)c1. The van der Waals surface area contributed by atoms with Gasteiger partial charge in [-0.25, -0.2) is 14.8 Å². The molecule has 0 aliphatic rings. The number of nitrogens with zero attached hydrogens (tertiary/aromatic N) is 4. The highest BCUT2D eigenvalue weighted by Gasteiger charge is 2.11. The number of benzene rings is 1. The molecule has 0 saturated carbocycles. The molecule has 0 radical (unpaired) electrons. The minimum atomic E-state index is -0.969. The largest absolute Gasteiger partial charge is 0.478 e. The standard InChI is InChI=1S/C15H13N5O2/c21-15(22)12-3-1-2-4-13(12)20-9-11(19-10-20)7-18-14-8-16-5-6-17-14/h1-6,8-10H,7H2,(H,17,18)(H,21,22). The highest BCUT2D eigenvalue weighted by molar-refractivity contribution is 5.91. The maximum Gasteiger partial charge on any atom is 0.337 e. The fraction of sp³-hybridized carbons (Fsp3) is 0.0667. The molecule has 110 valence electrons. The molecule has 0 amide bonds. The van der Waals surface area contributed by atoms with E-state index in [1.807, 2.05) is 0 Å². The van der Waals surface area contributed by atoms with Crippen molar-refractivity contribution < 1.29 is 9.90 Å². The van der Waals surface area contributed by atoms with Crippen LogP contribution in [0.25, 0.3) is 5.69 Å². The number of aromatic nitrogens is 4. The Kier molecular flexibility index (Phi) is 3.78. The predicted octanol–water partition coefficient (Wildman–Crippen LogP) is 1.97. The highest BCUT2D eigenvalue weighted by atomic mass is 16.4. The summed E-state index contributed by atoms with van der Waals surface area (Å²) in [7, 11) is 0. The Balaban J connectivity index is 1.78. The Morgan fingerprint density at radius 1 is 1.23 bits per heavy atom. The van der Waals surface area contributed by atoms with Crippen molar-refractivity contribution in [3.8, 4) is 5.69 Å². The van der Waals surface area contributed by atoms with Crippen LogP contribution in [0.1, 0.15) is 16.1 Å². The summed E-state index contributed by atoms with van der Waals surface area (Å²) in [6.07, 6.45) is 8.20. The molecule has 1 aromatic carbocycles. The molecule has 2 heterocycles. The molecular formula is C15H13N5O2. The van der Waals surface area contributed by atoms with Gasteiger partial charge in [-0.2, -0.15) is 0 Å². The summed E-state index contributed by atoms with van der Waals surface area (Å²) in [5.74, 6) is -0.313. The van der Waals surface area contributed by atoms with E-state index in [-0.39, 0.29) is 5.56 Å². The summed E-state index contributed by atoms with van der Waals surface area (Å²) in [6, 6.07) is 6.79. The zero-order valence-electron chi connectivity index (χ0n) is 11.5. The molecule has 2 aromatic heterocycles. The first-order valence-corrected chi connectivity index (χ1v) is 6.59. The van der Waals surface area contributed by atoms with Crippen molar-refractivity contribution in [3.05, 3.63) is 66.6 Å². The lowest BCUT2D eigenvalue weighted by Crippen LogP contribution is -2.04. The molecule has 0 fully saturated rings. The van der Waals surface area contributed by atoms with Gasteiger partial charge in [-0.05, 0) is 12.1 Å². The second-order valence-electron chi connectivity index (χ2n) is 4.54. The first-order valence-electron chi connectivity index (χ1n) is 6.59. The number of hydrogen-bond acceptors (Lipinski definition) is 5. The third-order valence-electron chi connectivity index (χ3n) is 3.06. The van der Waals surface area contributed by atoms with Gasteiger partial charge in [-0.3, -0.25) is 4.98 Å². The van der Waals surface area contributed by atoms with Crippen LogP contribution in [0, 0.1) is 0 Å². The molecule has 0 unspecified atom stereocenters. The molecule has 0 bridgehead atoms. The van der Waals surface area contributed by atoms with Gasteiger partial charge in [-0.1, -0.05) is 12.1 Å². The van der Waals surface area contributed by atoms with Gasteiger partial charge in [0.05, 0.1) is 36.0 Å². The van der Waals surface area contributed by atoms with Crippen LogP contribution in [0.5, 0.6) is 0 Å². The van der Waals surface area contributed by atoms with Gasteiger partial charge in [0.2, 0.25) is 0 Å². The topological polar surface area (TPSA) is 92.9 Å². The minimum Gasteiger partial charge on any atom is -0.478 e. The third-order valence-corrected chi connectivity index (χ3v) is 3.06. The minimum absolute atomic E-state index is 0.230. The third kappa shape index (κ3) is 2.93. The number of anilines is 1. The number of hydrogen-bond donors (Lipinski definition) is 2. The average molecular weight is 295 g/mol. The summed E-state index contributed by atoms with van der Waals surface area (Å²) in [5, 5.41) is 12.3. The van der Waals surface area contributed by atoms with Crippen molar-refractivity contribution in [2.75, 3.05) is 5.32 Å². The zero-order valence-corrected chi connectivity index (χ0v) is 11.5. The summed E-state index contributed by atoms with van der Waals surface area (Å²) in [5.41, 5.74) is 1.58. The molecule has 0 saturated heterocycles. The number of nitrogens with one attached hydrogen (secondary N) is 1. The van der Waals surface area contributed by atoms with Crippen LogP contribution < -0.4 is 5.32 Å². The van der Waals surface area contributed by atoms with Crippen molar-refractivity contribution in [1.82, 2.24) is 19.5 Å².